The van der Waals surface area contributed by atoms with Crippen LogP contribution in [0.25, 0.3) is 0 Å². The van der Waals surface area contributed by atoms with Crippen molar-refractivity contribution in [3.63, 3.8) is 0 Å². The smallest absolute Gasteiger partial charge is 0.258 e. The van der Waals surface area contributed by atoms with E-state index in [-0.39, 0.29) is 25.0 Å². The maximum absolute atomic E-state index is 11.7. The second kappa shape index (κ2) is 7.29. The fraction of sp³-hybridized carbons (Fsp3) is 0.562. The van der Waals surface area contributed by atoms with Gasteiger partial charge in [-0.2, -0.15) is 0 Å². The molecule has 1 unspecified atom stereocenters. The van der Waals surface area contributed by atoms with E-state index in [2.05, 4.69) is 12.2 Å². The molecule has 0 radical (unpaired) electrons. The summed E-state index contributed by atoms with van der Waals surface area (Å²) >= 11 is 0. The van der Waals surface area contributed by atoms with Gasteiger partial charge in [-0.3, -0.25) is 4.79 Å². The number of ether oxygens (including phenoxy) is 1. The van der Waals surface area contributed by atoms with Crippen molar-refractivity contribution in [3.05, 3.63) is 29.8 Å². The first kappa shape index (κ1) is 16.5. The number of nitrogens with one attached hydrogen (secondary N) is 1. The summed E-state index contributed by atoms with van der Waals surface area (Å²) in [5.74, 6) is 0.517. The van der Waals surface area contributed by atoms with E-state index < -0.39 is 5.60 Å². The Morgan fingerprint density at radius 1 is 1.35 bits per heavy atom. The zero-order valence-corrected chi connectivity index (χ0v) is 12.8. The summed E-state index contributed by atoms with van der Waals surface area (Å²) in [6.07, 6.45) is 0.977. The first-order valence-electron chi connectivity index (χ1n) is 7.06. The second-order valence-corrected chi connectivity index (χ2v) is 5.57. The van der Waals surface area contributed by atoms with Crippen LogP contribution in [0, 0.1) is 5.92 Å². The van der Waals surface area contributed by atoms with Gasteiger partial charge in [-0.25, -0.2) is 0 Å². The summed E-state index contributed by atoms with van der Waals surface area (Å²) in [7, 11) is 0. The topological polar surface area (TPSA) is 58.6 Å². The maximum Gasteiger partial charge on any atom is 0.258 e. The van der Waals surface area contributed by atoms with Crippen molar-refractivity contribution in [2.45, 2.75) is 39.7 Å². The molecule has 1 aromatic rings. The predicted octanol–water partition coefficient (Wildman–Crippen LogP) is 2.15. The molecule has 2 N–H and O–H groups in total. The highest BCUT2D eigenvalue weighted by Gasteiger charge is 2.25. The summed E-state index contributed by atoms with van der Waals surface area (Å²) in [5.41, 5.74) is 0.327. The van der Waals surface area contributed by atoms with Crippen molar-refractivity contribution < 1.29 is 14.6 Å². The Kier molecular flexibility index (Phi) is 6.02. The van der Waals surface area contributed by atoms with Crippen molar-refractivity contribution in [2.75, 3.05) is 13.2 Å². The molecule has 1 rings (SSSR count). The van der Waals surface area contributed by atoms with Crippen molar-refractivity contribution in [1.82, 2.24) is 5.32 Å². The maximum atomic E-state index is 11.7. The number of amides is 1. The van der Waals surface area contributed by atoms with Crippen LogP contribution in [0.2, 0.25) is 0 Å². The van der Waals surface area contributed by atoms with E-state index in [1.54, 1.807) is 6.92 Å². The lowest BCUT2D eigenvalue weighted by atomic mass is 9.93. The van der Waals surface area contributed by atoms with Gasteiger partial charge in [-0.15, -0.1) is 0 Å². The number of benzene rings is 1. The fourth-order valence-corrected chi connectivity index (χ4v) is 1.50. The number of hydrogen-bond donors (Lipinski definition) is 2. The Hall–Kier alpha value is -1.55. The van der Waals surface area contributed by atoms with E-state index in [0.717, 1.165) is 6.42 Å². The number of carbonyl (C=O) groups is 1. The highest BCUT2D eigenvalue weighted by Crippen LogP contribution is 2.14. The molecule has 20 heavy (non-hydrogen) atoms. The number of aliphatic hydroxyl groups is 1. The zero-order chi connectivity index (χ0) is 15.2. The van der Waals surface area contributed by atoms with Gasteiger partial charge in [0.25, 0.3) is 5.91 Å². The second-order valence-electron chi connectivity index (χ2n) is 5.57. The number of rotatable bonds is 7. The molecule has 112 valence electrons. The van der Waals surface area contributed by atoms with Gasteiger partial charge >= 0.3 is 0 Å². The Labute approximate surface area is 121 Å². The van der Waals surface area contributed by atoms with Crippen LogP contribution in [0.1, 0.15) is 33.3 Å². The molecule has 0 spiro atoms. The lowest BCUT2D eigenvalue weighted by Gasteiger charge is -2.27. The van der Waals surface area contributed by atoms with Crippen LogP contribution in [-0.2, 0) is 11.2 Å². The molecular formula is C16H25NO3. The minimum atomic E-state index is -0.904. The van der Waals surface area contributed by atoms with Crippen LogP contribution in [-0.4, -0.2) is 29.8 Å². The normalized spacial score (nSPS) is 13.9. The summed E-state index contributed by atoms with van der Waals surface area (Å²) in [6.45, 7) is 7.81. The predicted molar refractivity (Wildman–Crippen MR) is 79.8 cm³/mol. The molecule has 0 aliphatic heterocycles. The van der Waals surface area contributed by atoms with Gasteiger partial charge in [-0.1, -0.05) is 32.9 Å². The van der Waals surface area contributed by atoms with Gasteiger partial charge in [0.15, 0.2) is 6.61 Å². The molecule has 0 aliphatic rings. The molecule has 1 atom stereocenters. The molecule has 4 nitrogen and oxygen atoms in total. The third kappa shape index (κ3) is 5.21. The van der Waals surface area contributed by atoms with Crippen LogP contribution < -0.4 is 10.1 Å². The van der Waals surface area contributed by atoms with Crippen LogP contribution in [0.3, 0.4) is 0 Å². The Bertz CT molecular complexity index is 424. The van der Waals surface area contributed by atoms with Crippen LogP contribution in [0.15, 0.2) is 24.3 Å². The van der Waals surface area contributed by atoms with E-state index in [4.69, 9.17) is 4.74 Å². The average molecular weight is 279 g/mol. The highest BCUT2D eigenvalue weighted by molar-refractivity contribution is 5.77. The van der Waals surface area contributed by atoms with Crippen LogP contribution in [0.5, 0.6) is 5.75 Å². The van der Waals surface area contributed by atoms with Gasteiger partial charge in [0, 0.05) is 6.54 Å². The van der Waals surface area contributed by atoms with E-state index >= 15 is 0 Å². The van der Waals surface area contributed by atoms with Gasteiger partial charge < -0.3 is 15.2 Å². The molecule has 1 amide bonds. The largest absolute Gasteiger partial charge is 0.484 e. The summed E-state index contributed by atoms with van der Waals surface area (Å²) < 4.78 is 5.40. The lowest BCUT2D eigenvalue weighted by molar-refractivity contribution is -0.124. The molecule has 1 aromatic carbocycles. The van der Waals surface area contributed by atoms with Gasteiger partial charge in [-0.05, 0) is 37.0 Å². The summed E-state index contributed by atoms with van der Waals surface area (Å²) in [6, 6.07) is 7.68. The Balaban J connectivity index is 2.36. The van der Waals surface area contributed by atoms with E-state index in [0.29, 0.717) is 5.75 Å². The van der Waals surface area contributed by atoms with E-state index in [9.17, 15) is 9.90 Å². The zero-order valence-electron chi connectivity index (χ0n) is 12.8. The summed E-state index contributed by atoms with van der Waals surface area (Å²) in [5, 5.41) is 12.7. The number of carbonyl (C=O) groups excluding carboxylic acids is 1. The van der Waals surface area contributed by atoms with Crippen molar-refractivity contribution in [1.29, 1.82) is 0 Å². The van der Waals surface area contributed by atoms with E-state index in [1.165, 1.54) is 5.56 Å². The first-order valence-corrected chi connectivity index (χ1v) is 7.06. The molecule has 0 aromatic heterocycles. The van der Waals surface area contributed by atoms with Gasteiger partial charge in [0.1, 0.15) is 5.75 Å². The SMILES string of the molecule is CCc1ccc(OCC(=O)NCC(C)(O)C(C)C)cc1. The third-order valence-corrected chi connectivity index (χ3v) is 3.59. The molecule has 0 heterocycles. The number of aryl methyl sites for hydroxylation is 1. The first-order chi connectivity index (χ1) is 9.35. The average Bonchev–Trinajstić information content (AvgIpc) is 2.43. The van der Waals surface area contributed by atoms with Crippen molar-refractivity contribution >= 4 is 5.91 Å². The lowest BCUT2D eigenvalue weighted by Crippen LogP contribution is -2.45. The minimum absolute atomic E-state index is 0.0420. The van der Waals surface area contributed by atoms with Gasteiger partial charge in [0.2, 0.25) is 0 Å². The molecule has 0 saturated carbocycles. The van der Waals surface area contributed by atoms with E-state index in [1.807, 2.05) is 38.1 Å². The minimum Gasteiger partial charge on any atom is -0.484 e. The monoisotopic (exact) mass is 279 g/mol. The molecule has 0 fully saturated rings. The molecular weight excluding hydrogens is 254 g/mol. The standard InChI is InChI=1S/C16H25NO3/c1-5-13-6-8-14(9-7-13)20-10-15(18)17-11-16(4,19)12(2)3/h6-9,12,19H,5,10-11H2,1-4H3,(H,17,18). The van der Waals surface area contributed by atoms with Crippen molar-refractivity contribution in [3.8, 4) is 5.75 Å². The number of hydrogen-bond acceptors (Lipinski definition) is 3. The van der Waals surface area contributed by atoms with Gasteiger partial charge in [0.05, 0.1) is 5.60 Å². The molecule has 0 aliphatic carbocycles. The van der Waals surface area contributed by atoms with Crippen LogP contribution >= 0.6 is 0 Å². The van der Waals surface area contributed by atoms with Crippen LogP contribution in [0.4, 0.5) is 0 Å². The molecule has 0 saturated heterocycles. The molecule has 4 heteroatoms. The Morgan fingerprint density at radius 2 is 1.95 bits per heavy atom. The molecule has 0 bridgehead atoms. The highest BCUT2D eigenvalue weighted by atomic mass is 16.5. The quantitative estimate of drug-likeness (QED) is 0.804. The third-order valence-electron chi connectivity index (χ3n) is 3.59. The van der Waals surface area contributed by atoms with Crippen molar-refractivity contribution in [2.24, 2.45) is 5.92 Å². The fourth-order valence-electron chi connectivity index (χ4n) is 1.50. The summed E-state index contributed by atoms with van der Waals surface area (Å²) in [4.78, 5) is 11.7. The Morgan fingerprint density at radius 3 is 2.45 bits per heavy atom.